The number of ether oxygens (including phenoxy) is 3. The molecule has 7 heteroatoms. The summed E-state index contributed by atoms with van der Waals surface area (Å²) in [6, 6.07) is 7.66. The quantitative estimate of drug-likeness (QED) is 0.241. The summed E-state index contributed by atoms with van der Waals surface area (Å²) in [6.45, 7) is 7.75. The van der Waals surface area contributed by atoms with Crippen molar-refractivity contribution in [2.24, 2.45) is 4.99 Å². The van der Waals surface area contributed by atoms with Gasteiger partial charge in [0.25, 0.3) is 0 Å². The van der Waals surface area contributed by atoms with Crippen LogP contribution in [0, 0.1) is 0 Å². The van der Waals surface area contributed by atoms with Crippen molar-refractivity contribution in [3.63, 3.8) is 0 Å². The highest BCUT2D eigenvalue weighted by Gasteiger charge is 2.18. The van der Waals surface area contributed by atoms with Gasteiger partial charge in [-0.1, -0.05) is 63.8 Å². The molecule has 0 aromatic heterocycles. The molecule has 0 unspecified atom stereocenters. The number of carbonyl (C=O) groups excluding carboxylic acids is 1. The van der Waals surface area contributed by atoms with Crippen LogP contribution in [0.3, 0.4) is 0 Å². The lowest BCUT2D eigenvalue weighted by Crippen LogP contribution is -2.36. The Morgan fingerprint density at radius 3 is 2.55 bits per heavy atom. The summed E-state index contributed by atoms with van der Waals surface area (Å²) in [5, 5.41) is 5.81. The summed E-state index contributed by atoms with van der Waals surface area (Å²) in [7, 11) is 0. The number of nitrogens with zero attached hydrogens (tertiary/aromatic N) is 1. The SMILES string of the molecule is C=CCOC(=O)N/C(=N\CCCCCCCC)Nc1ccc(C2OCCO2)cc1. The molecular formula is C22H33N3O4. The number of amides is 1. The number of unbranched alkanes of at least 4 members (excludes halogenated alkanes) is 5. The molecule has 2 N–H and O–H groups in total. The van der Waals surface area contributed by atoms with Crippen LogP contribution in [-0.4, -0.2) is 38.4 Å². The van der Waals surface area contributed by atoms with Gasteiger partial charge in [-0.2, -0.15) is 0 Å². The molecule has 1 amide bonds. The fourth-order valence-corrected chi connectivity index (χ4v) is 2.87. The summed E-state index contributed by atoms with van der Waals surface area (Å²) in [5.74, 6) is 0.369. The van der Waals surface area contributed by atoms with E-state index in [0.717, 1.165) is 24.1 Å². The van der Waals surface area contributed by atoms with Crippen LogP contribution in [0.5, 0.6) is 0 Å². The first-order valence-corrected chi connectivity index (χ1v) is 10.4. The third kappa shape index (κ3) is 9.11. The number of hydrogen-bond acceptors (Lipinski definition) is 5. The molecule has 1 heterocycles. The number of aliphatic imine (C=N–C) groups is 1. The summed E-state index contributed by atoms with van der Waals surface area (Å²) < 4.78 is 16.0. The second-order valence-electron chi connectivity index (χ2n) is 6.83. The Hall–Kier alpha value is -2.38. The molecule has 2 rings (SSSR count). The van der Waals surface area contributed by atoms with Gasteiger partial charge in [-0.25, -0.2) is 4.79 Å². The van der Waals surface area contributed by atoms with Crippen molar-refractivity contribution in [2.45, 2.75) is 51.7 Å². The molecule has 1 aliphatic heterocycles. The van der Waals surface area contributed by atoms with E-state index in [-0.39, 0.29) is 12.9 Å². The van der Waals surface area contributed by atoms with Crippen molar-refractivity contribution in [1.82, 2.24) is 5.32 Å². The Bertz CT molecular complexity index is 640. The summed E-state index contributed by atoms with van der Waals surface area (Å²) >= 11 is 0. The normalized spacial score (nSPS) is 14.6. The highest BCUT2D eigenvalue weighted by molar-refractivity contribution is 6.02. The van der Waals surface area contributed by atoms with Crippen molar-refractivity contribution in [3.8, 4) is 0 Å². The third-order valence-electron chi connectivity index (χ3n) is 4.40. The summed E-state index contributed by atoms with van der Waals surface area (Å²) in [5.41, 5.74) is 1.76. The van der Waals surface area contributed by atoms with Crippen molar-refractivity contribution in [1.29, 1.82) is 0 Å². The molecule has 1 aromatic carbocycles. The fourth-order valence-electron chi connectivity index (χ4n) is 2.87. The third-order valence-corrected chi connectivity index (χ3v) is 4.40. The van der Waals surface area contributed by atoms with E-state index in [1.807, 2.05) is 24.3 Å². The molecule has 0 atom stereocenters. The average Bonchev–Trinajstić information content (AvgIpc) is 3.27. The second-order valence-corrected chi connectivity index (χ2v) is 6.83. The Balaban J connectivity index is 1.89. The first-order valence-electron chi connectivity index (χ1n) is 10.4. The van der Waals surface area contributed by atoms with Gasteiger partial charge in [0, 0.05) is 17.8 Å². The molecule has 1 fully saturated rings. The van der Waals surface area contributed by atoms with E-state index in [1.165, 1.54) is 31.8 Å². The number of alkyl carbamates (subject to hydrolysis) is 1. The molecule has 1 saturated heterocycles. The van der Waals surface area contributed by atoms with Crippen LogP contribution in [0.1, 0.15) is 57.3 Å². The molecule has 0 radical (unpaired) electrons. The lowest BCUT2D eigenvalue weighted by Gasteiger charge is -2.13. The lowest BCUT2D eigenvalue weighted by atomic mass is 10.1. The van der Waals surface area contributed by atoms with Crippen molar-refractivity contribution in [3.05, 3.63) is 42.5 Å². The zero-order valence-electron chi connectivity index (χ0n) is 17.3. The highest BCUT2D eigenvalue weighted by Crippen LogP contribution is 2.24. The number of guanidine groups is 1. The van der Waals surface area contributed by atoms with E-state index in [9.17, 15) is 4.79 Å². The van der Waals surface area contributed by atoms with Crippen molar-refractivity contribution >= 4 is 17.7 Å². The number of nitrogens with one attached hydrogen (secondary N) is 2. The maximum absolute atomic E-state index is 11.9. The van der Waals surface area contributed by atoms with Gasteiger partial charge in [0.15, 0.2) is 6.29 Å². The van der Waals surface area contributed by atoms with E-state index in [1.54, 1.807) is 0 Å². The number of hydrogen-bond donors (Lipinski definition) is 2. The van der Waals surface area contributed by atoms with E-state index < -0.39 is 6.09 Å². The first-order chi connectivity index (χ1) is 14.2. The molecule has 0 bridgehead atoms. The number of benzene rings is 1. The summed E-state index contributed by atoms with van der Waals surface area (Å²) in [4.78, 5) is 16.4. The molecule has 7 nitrogen and oxygen atoms in total. The average molecular weight is 404 g/mol. The molecule has 29 heavy (non-hydrogen) atoms. The molecule has 0 spiro atoms. The van der Waals surface area contributed by atoms with Gasteiger partial charge in [0.2, 0.25) is 5.96 Å². The van der Waals surface area contributed by atoms with Crippen LogP contribution in [0.2, 0.25) is 0 Å². The smallest absolute Gasteiger partial charge is 0.414 e. The molecule has 0 aliphatic carbocycles. The predicted octanol–water partition coefficient (Wildman–Crippen LogP) is 4.77. The molecule has 160 valence electrons. The zero-order valence-corrected chi connectivity index (χ0v) is 17.3. The minimum absolute atomic E-state index is 0.145. The van der Waals surface area contributed by atoms with E-state index >= 15 is 0 Å². The Kier molecular flexibility index (Phi) is 10.9. The van der Waals surface area contributed by atoms with Gasteiger partial charge in [0.05, 0.1) is 13.2 Å². The number of rotatable bonds is 11. The van der Waals surface area contributed by atoms with Gasteiger partial charge >= 0.3 is 6.09 Å². The van der Waals surface area contributed by atoms with Crippen molar-refractivity contribution < 1.29 is 19.0 Å². The monoisotopic (exact) mass is 403 g/mol. The minimum atomic E-state index is -0.566. The van der Waals surface area contributed by atoms with Crippen LogP contribution in [-0.2, 0) is 14.2 Å². The Morgan fingerprint density at radius 1 is 1.17 bits per heavy atom. The van der Waals surface area contributed by atoms with E-state index in [4.69, 9.17) is 14.2 Å². The lowest BCUT2D eigenvalue weighted by molar-refractivity contribution is -0.0441. The largest absolute Gasteiger partial charge is 0.445 e. The predicted molar refractivity (Wildman–Crippen MR) is 115 cm³/mol. The standard InChI is InChI=1S/C22H33N3O4/c1-3-5-6-7-8-9-14-23-21(25-22(26)29-15-4-2)24-19-12-10-18(11-13-19)20-27-16-17-28-20/h4,10-13,20H,2-3,5-9,14-17H2,1H3,(H2,23,24,25,26). The molecular weight excluding hydrogens is 370 g/mol. The number of anilines is 1. The number of carbonyl (C=O) groups is 1. The van der Waals surface area contributed by atoms with Gasteiger partial charge in [-0.3, -0.25) is 10.3 Å². The summed E-state index contributed by atoms with van der Waals surface area (Å²) in [6.07, 6.45) is 7.75. The zero-order chi connectivity index (χ0) is 20.7. The van der Waals surface area contributed by atoms with Gasteiger partial charge < -0.3 is 19.5 Å². The molecule has 0 saturated carbocycles. The Morgan fingerprint density at radius 2 is 1.86 bits per heavy atom. The van der Waals surface area contributed by atoms with Crippen LogP contribution >= 0.6 is 0 Å². The molecule has 1 aromatic rings. The first kappa shape index (κ1) is 22.9. The maximum Gasteiger partial charge on any atom is 0.414 e. The van der Waals surface area contributed by atoms with Crippen LogP contribution in [0.15, 0.2) is 41.9 Å². The van der Waals surface area contributed by atoms with Gasteiger partial charge in [-0.05, 0) is 18.6 Å². The van der Waals surface area contributed by atoms with Crippen molar-refractivity contribution in [2.75, 3.05) is 31.7 Å². The maximum atomic E-state index is 11.9. The second kappa shape index (κ2) is 13.7. The topological polar surface area (TPSA) is 81.2 Å². The Labute approximate surface area is 173 Å². The molecule has 1 aliphatic rings. The fraction of sp³-hybridized carbons (Fsp3) is 0.545. The van der Waals surface area contributed by atoms with Crippen LogP contribution in [0.25, 0.3) is 0 Å². The minimum Gasteiger partial charge on any atom is -0.445 e. The van der Waals surface area contributed by atoms with Gasteiger partial charge in [-0.15, -0.1) is 0 Å². The van der Waals surface area contributed by atoms with Crippen LogP contribution < -0.4 is 10.6 Å². The van der Waals surface area contributed by atoms with E-state index in [2.05, 4.69) is 29.1 Å². The van der Waals surface area contributed by atoms with Gasteiger partial charge in [0.1, 0.15) is 6.61 Å². The van der Waals surface area contributed by atoms with Crippen LogP contribution in [0.4, 0.5) is 10.5 Å². The highest BCUT2D eigenvalue weighted by atomic mass is 16.7. The van der Waals surface area contributed by atoms with E-state index in [0.29, 0.717) is 25.7 Å².